The smallest absolute Gasteiger partial charge is 0.251 e. The summed E-state index contributed by atoms with van der Waals surface area (Å²) in [6.07, 6.45) is 3.78. The number of aromatic nitrogens is 3. The number of hydrogen-bond acceptors (Lipinski definition) is 4. The summed E-state index contributed by atoms with van der Waals surface area (Å²) in [5, 5.41) is 20.7. The number of carbonyl (C=O) groups is 1. The Morgan fingerprint density at radius 1 is 1.36 bits per heavy atom. The van der Waals surface area contributed by atoms with Gasteiger partial charge in [-0.3, -0.25) is 4.79 Å². The summed E-state index contributed by atoms with van der Waals surface area (Å²) in [6.45, 7) is 1.57. The monoisotopic (exact) mass is 344 g/mol. The Labute approximate surface area is 145 Å². The Morgan fingerprint density at radius 3 is 2.76 bits per heavy atom. The van der Waals surface area contributed by atoms with Crippen LogP contribution in [0.2, 0.25) is 0 Å². The molecule has 0 radical (unpaired) electrons. The summed E-state index contributed by atoms with van der Waals surface area (Å²) in [4.78, 5) is 12.2. The molecule has 132 valence electrons. The van der Waals surface area contributed by atoms with Crippen LogP contribution >= 0.6 is 0 Å². The first-order chi connectivity index (χ1) is 12.1. The van der Waals surface area contributed by atoms with Crippen LogP contribution in [0.4, 0.5) is 4.39 Å². The van der Waals surface area contributed by atoms with Gasteiger partial charge in [-0.2, -0.15) is 0 Å². The Kier molecular flexibility index (Phi) is 4.03. The van der Waals surface area contributed by atoms with E-state index >= 15 is 0 Å². The number of halogens is 1. The van der Waals surface area contributed by atoms with E-state index in [0.29, 0.717) is 23.0 Å². The van der Waals surface area contributed by atoms with Crippen molar-refractivity contribution in [2.45, 2.75) is 57.2 Å². The van der Waals surface area contributed by atoms with Crippen LogP contribution in [0.5, 0.6) is 0 Å². The Hall–Kier alpha value is -2.28. The van der Waals surface area contributed by atoms with Gasteiger partial charge in [0.15, 0.2) is 5.82 Å². The fourth-order valence-electron chi connectivity index (χ4n) is 3.40. The fourth-order valence-corrected chi connectivity index (χ4v) is 3.40. The number of nitrogens with one attached hydrogen (secondary N) is 1. The molecule has 6 nitrogen and oxygen atoms in total. The van der Waals surface area contributed by atoms with Gasteiger partial charge in [0.1, 0.15) is 18.2 Å². The van der Waals surface area contributed by atoms with Crippen LogP contribution in [0.3, 0.4) is 0 Å². The highest BCUT2D eigenvalue weighted by Gasteiger charge is 2.38. The number of aliphatic hydroxyl groups excluding tert-OH is 1. The van der Waals surface area contributed by atoms with Crippen molar-refractivity contribution in [3.05, 3.63) is 46.8 Å². The van der Waals surface area contributed by atoms with E-state index < -0.39 is 0 Å². The molecule has 2 saturated carbocycles. The summed E-state index contributed by atoms with van der Waals surface area (Å²) < 4.78 is 15.7. The number of nitrogens with zero attached hydrogens (tertiary/aromatic N) is 3. The van der Waals surface area contributed by atoms with Gasteiger partial charge in [-0.05, 0) is 50.3 Å². The van der Waals surface area contributed by atoms with E-state index in [0.717, 1.165) is 31.5 Å². The number of benzene rings is 1. The van der Waals surface area contributed by atoms with Crippen molar-refractivity contribution < 1.29 is 14.3 Å². The lowest BCUT2D eigenvalue weighted by molar-refractivity contribution is 0.0906. The Morgan fingerprint density at radius 2 is 2.12 bits per heavy atom. The Balaban J connectivity index is 1.38. The van der Waals surface area contributed by atoms with Gasteiger partial charge < -0.3 is 15.0 Å². The highest BCUT2D eigenvalue weighted by Crippen LogP contribution is 2.42. The molecule has 1 heterocycles. The molecule has 2 N–H and O–H groups in total. The van der Waals surface area contributed by atoms with Gasteiger partial charge in [-0.15, -0.1) is 10.2 Å². The van der Waals surface area contributed by atoms with Crippen molar-refractivity contribution in [1.82, 2.24) is 20.1 Å². The van der Waals surface area contributed by atoms with Gasteiger partial charge in [0.05, 0.1) is 0 Å². The van der Waals surface area contributed by atoms with E-state index in [1.165, 1.54) is 6.07 Å². The standard InChI is InChI=1S/C18H21FN4O2/c1-10-2-3-11(8-15(10)19)18(25)20-13-6-12(7-13)17-22-21-16(9-24)23(17)14-4-5-14/h2-3,8,12-14,24H,4-7,9H2,1H3,(H,20,25). The van der Waals surface area contributed by atoms with Crippen LogP contribution in [0, 0.1) is 12.7 Å². The third kappa shape index (κ3) is 3.04. The van der Waals surface area contributed by atoms with Crippen LogP contribution in [0.25, 0.3) is 0 Å². The second-order valence-electron chi connectivity index (χ2n) is 7.04. The van der Waals surface area contributed by atoms with Crippen molar-refractivity contribution in [2.24, 2.45) is 0 Å². The summed E-state index contributed by atoms with van der Waals surface area (Å²) in [5.41, 5.74) is 0.870. The number of aryl methyl sites for hydroxylation is 1. The normalized spacial score (nSPS) is 22.5. The third-order valence-electron chi connectivity index (χ3n) is 5.12. The van der Waals surface area contributed by atoms with Crippen molar-refractivity contribution in [1.29, 1.82) is 0 Å². The molecule has 2 aliphatic rings. The molecule has 2 fully saturated rings. The molecule has 0 aliphatic heterocycles. The van der Waals surface area contributed by atoms with Crippen LogP contribution in [-0.2, 0) is 6.61 Å². The first-order valence-electron chi connectivity index (χ1n) is 8.68. The zero-order chi connectivity index (χ0) is 17.6. The zero-order valence-corrected chi connectivity index (χ0v) is 14.1. The lowest BCUT2D eigenvalue weighted by atomic mass is 9.79. The SMILES string of the molecule is Cc1ccc(C(=O)NC2CC(c3nnc(CO)n3C3CC3)C2)cc1F. The molecule has 0 bridgehead atoms. The van der Waals surface area contributed by atoms with E-state index in [-0.39, 0.29) is 30.3 Å². The van der Waals surface area contributed by atoms with E-state index in [1.807, 2.05) is 0 Å². The van der Waals surface area contributed by atoms with E-state index in [2.05, 4.69) is 20.1 Å². The molecule has 1 aromatic heterocycles. The largest absolute Gasteiger partial charge is 0.388 e. The number of amides is 1. The average molecular weight is 344 g/mol. The predicted molar refractivity (Wildman–Crippen MR) is 88.6 cm³/mol. The molecule has 0 unspecified atom stereocenters. The molecular weight excluding hydrogens is 323 g/mol. The highest BCUT2D eigenvalue weighted by atomic mass is 19.1. The number of carbonyl (C=O) groups excluding carboxylic acids is 1. The second-order valence-corrected chi connectivity index (χ2v) is 7.04. The van der Waals surface area contributed by atoms with Crippen LogP contribution < -0.4 is 5.32 Å². The van der Waals surface area contributed by atoms with Gasteiger partial charge in [0.25, 0.3) is 5.91 Å². The highest BCUT2D eigenvalue weighted by molar-refractivity contribution is 5.94. The van der Waals surface area contributed by atoms with Crippen LogP contribution in [-0.4, -0.2) is 31.8 Å². The lowest BCUT2D eigenvalue weighted by Crippen LogP contribution is -2.44. The summed E-state index contributed by atoms with van der Waals surface area (Å²) in [7, 11) is 0. The van der Waals surface area contributed by atoms with Gasteiger partial charge in [-0.1, -0.05) is 6.07 Å². The molecular formula is C18H21FN4O2. The average Bonchev–Trinajstić information content (AvgIpc) is 3.32. The van der Waals surface area contributed by atoms with E-state index in [4.69, 9.17) is 0 Å². The predicted octanol–water partition coefficient (Wildman–Crippen LogP) is 2.23. The minimum Gasteiger partial charge on any atom is -0.388 e. The van der Waals surface area contributed by atoms with Crippen LogP contribution in [0.15, 0.2) is 18.2 Å². The van der Waals surface area contributed by atoms with Crippen molar-refractivity contribution in [2.75, 3.05) is 0 Å². The van der Waals surface area contributed by atoms with Crippen molar-refractivity contribution in [3.8, 4) is 0 Å². The number of aliphatic hydroxyl groups is 1. The van der Waals surface area contributed by atoms with Crippen molar-refractivity contribution in [3.63, 3.8) is 0 Å². The first kappa shape index (κ1) is 16.2. The van der Waals surface area contributed by atoms with Crippen molar-refractivity contribution >= 4 is 5.91 Å². The molecule has 0 spiro atoms. The van der Waals surface area contributed by atoms with Gasteiger partial charge in [-0.25, -0.2) is 4.39 Å². The fraction of sp³-hybridized carbons (Fsp3) is 0.500. The molecule has 1 amide bonds. The maximum Gasteiger partial charge on any atom is 0.251 e. The maximum absolute atomic E-state index is 13.6. The first-order valence-corrected chi connectivity index (χ1v) is 8.68. The molecule has 4 rings (SSSR count). The van der Waals surface area contributed by atoms with E-state index in [9.17, 15) is 14.3 Å². The molecule has 0 atom stereocenters. The maximum atomic E-state index is 13.6. The van der Waals surface area contributed by atoms with Gasteiger partial charge in [0.2, 0.25) is 0 Å². The summed E-state index contributed by atoms with van der Waals surface area (Å²) in [6, 6.07) is 5.00. The molecule has 0 saturated heterocycles. The minimum absolute atomic E-state index is 0.0591. The third-order valence-corrected chi connectivity index (χ3v) is 5.12. The number of hydrogen-bond donors (Lipinski definition) is 2. The molecule has 7 heteroatoms. The van der Waals surface area contributed by atoms with Crippen LogP contribution in [0.1, 0.15) is 65.2 Å². The lowest BCUT2D eigenvalue weighted by Gasteiger charge is -2.35. The molecule has 2 aromatic rings. The quantitative estimate of drug-likeness (QED) is 0.872. The molecule has 25 heavy (non-hydrogen) atoms. The Bertz CT molecular complexity index is 809. The molecule has 2 aliphatic carbocycles. The summed E-state index contributed by atoms with van der Waals surface area (Å²) in [5.74, 6) is 1.17. The number of rotatable bonds is 5. The topological polar surface area (TPSA) is 80.0 Å². The minimum atomic E-state index is -0.367. The summed E-state index contributed by atoms with van der Waals surface area (Å²) >= 11 is 0. The van der Waals surface area contributed by atoms with Gasteiger partial charge in [0, 0.05) is 23.6 Å². The van der Waals surface area contributed by atoms with Gasteiger partial charge >= 0.3 is 0 Å². The van der Waals surface area contributed by atoms with E-state index in [1.54, 1.807) is 19.1 Å². The zero-order valence-electron chi connectivity index (χ0n) is 14.1. The molecule has 1 aromatic carbocycles. The second kappa shape index (κ2) is 6.22.